The highest BCUT2D eigenvalue weighted by Crippen LogP contribution is 2.33. The van der Waals surface area contributed by atoms with Crippen LogP contribution >= 0.6 is 11.6 Å². The Morgan fingerprint density at radius 2 is 1.02 bits per heavy atom. The minimum Gasteiger partial charge on any atom is -0.392 e. The second-order valence-corrected chi connectivity index (χ2v) is 15.2. The third-order valence-corrected chi connectivity index (χ3v) is 10.4. The number of anilines is 5. The monoisotopic (exact) mass is 888 g/mol. The minimum atomic E-state index is -0.513. The standard InChI is InChI=1S/C23H22N8O.C18H19N3O.C5H4ClN5/c1-12-8-5-6-11-16(12)31-21(28-15-10-7-9-13(2)17(15)22(31)32)14(3)27-20-18(26-4)19(24)29-23(25)30-20;1-11-7-4-5-10-15(11)21-17(13(3)19)20-14-9-6-8-12(2)16(14)18(21)22;1-9-2-3(6)10-5(8)11-4(2)7/h5-11,14H,1-3H3,(H5,24,25,27,29,30);4-10,13H,19H2,1-3H3;(H4,7,8,10,11)/t14-;13-;/m00./s1. The van der Waals surface area contributed by atoms with Gasteiger partial charge >= 0.3 is 0 Å². The first-order valence-electron chi connectivity index (χ1n) is 19.9. The van der Waals surface area contributed by atoms with Gasteiger partial charge in [-0.1, -0.05) is 72.3 Å². The van der Waals surface area contributed by atoms with E-state index in [0.717, 1.165) is 33.6 Å². The third-order valence-electron chi connectivity index (χ3n) is 10.2. The van der Waals surface area contributed by atoms with Crippen LogP contribution in [0.25, 0.3) is 42.9 Å². The summed E-state index contributed by atoms with van der Waals surface area (Å²) in [7, 11) is 0. The lowest BCUT2D eigenvalue weighted by Crippen LogP contribution is -2.28. The molecule has 4 aromatic carbocycles. The lowest BCUT2D eigenvalue weighted by atomic mass is 10.1. The molecule has 0 saturated heterocycles. The fraction of sp³-hybridized carbons (Fsp3) is 0.174. The summed E-state index contributed by atoms with van der Waals surface area (Å²) in [5, 5.41) is 4.35. The number of fused-ring (bicyclic) bond motifs is 2. The number of benzene rings is 4. The van der Waals surface area contributed by atoms with Crippen LogP contribution in [0.4, 0.5) is 40.7 Å². The van der Waals surface area contributed by atoms with Gasteiger partial charge in [-0.15, -0.1) is 0 Å². The molecular formula is C46H45ClN16O2. The summed E-state index contributed by atoms with van der Waals surface area (Å²) >= 11 is 5.51. The predicted molar refractivity (Wildman–Crippen MR) is 258 cm³/mol. The molecule has 4 heterocycles. The van der Waals surface area contributed by atoms with Gasteiger partial charge in [0.25, 0.3) is 22.5 Å². The summed E-state index contributed by atoms with van der Waals surface area (Å²) in [5.41, 5.74) is 34.6. The molecule has 0 radical (unpaired) electrons. The predicted octanol–water partition coefficient (Wildman–Crippen LogP) is 7.55. The van der Waals surface area contributed by atoms with Crippen molar-refractivity contribution >= 4 is 74.1 Å². The van der Waals surface area contributed by atoms with Gasteiger partial charge in [-0.25, -0.2) is 39.6 Å². The lowest BCUT2D eigenvalue weighted by molar-refractivity contribution is 0.694. The first-order chi connectivity index (χ1) is 31.0. The highest BCUT2D eigenvalue weighted by atomic mass is 35.5. The quantitative estimate of drug-likeness (QED) is 0.0695. The molecule has 0 fully saturated rings. The fourth-order valence-corrected chi connectivity index (χ4v) is 7.28. The van der Waals surface area contributed by atoms with Crippen molar-refractivity contribution in [3.63, 3.8) is 0 Å². The molecule has 8 aromatic rings. The Morgan fingerprint density at radius 3 is 1.48 bits per heavy atom. The van der Waals surface area contributed by atoms with Crippen molar-refractivity contribution in [3.8, 4) is 11.4 Å². The van der Waals surface area contributed by atoms with E-state index in [1.165, 1.54) is 0 Å². The van der Waals surface area contributed by atoms with Crippen molar-refractivity contribution in [1.29, 1.82) is 0 Å². The van der Waals surface area contributed by atoms with Crippen molar-refractivity contribution in [3.05, 3.63) is 168 Å². The smallest absolute Gasteiger partial charge is 0.268 e. The molecule has 65 heavy (non-hydrogen) atoms. The van der Waals surface area contributed by atoms with E-state index in [1.807, 2.05) is 126 Å². The van der Waals surface area contributed by atoms with Crippen LogP contribution < -0.4 is 45.1 Å². The average molecular weight is 889 g/mol. The number of para-hydroxylation sites is 2. The van der Waals surface area contributed by atoms with Crippen LogP contribution in [-0.2, 0) is 0 Å². The maximum Gasteiger partial charge on any atom is 0.268 e. The van der Waals surface area contributed by atoms with Crippen LogP contribution in [-0.4, -0.2) is 39.0 Å². The van der Waals surface area contributed by atoms with Crippen LogP contribution in [0.1, 0.15) is 59.8 Å². The van der Waals surface area contributed by atoms with Crippen molar-refractivity contribution < 1.29 is 0 Å². The molecule has 8 rings (SSSR count). The van der Waals surface area contributed by atoms with Crippen LogP contribution in [0.2, 0.25) is 5.15 Å². The lowest BCUT2D eigenvalue weighted by Gasteiger charge is -2.22. The molecule has 0 aliphatic rings. The second kappa shape index (κ2) is 19.3. The Morgan fingerprint density at radius 1 is 0.585 bits per heavy atom. The molecule has 0 saturated carbocycles. The maximum atomic E-state index is 13.7. The van der Waals surface area contributed by atoms with Gasteiger partial charge in [0.2, 0.25) is 11.9 Å². The Labute approximate surface area is 378 Å². The summed E-state index contributed by atoms with van der Waals surface area (Å²) in [6, 6.07) is 25.8. The Hall–Kier alpha value is -8.45. The third kappa shape index (κ3) is 9.49. The van der Waals surface area contributed by atoms with E-state index in [9.17, 15) is 9.59 Å². The summed E-state index contributed by atoms with van der Waals surface area (Å²) in [6.07, 6.45) is 0. The fourth-order valence-electron chi connectivity index (χ4n) is 7.05. The normalized spacial score (nSPS) is 11.6. The molecule has 0 bridgehead atoms. The number of hydrogen-bond donors (Lipinski definition) is 6. The molecule has 4 aromatic heterocycles. The zero-order valence-electron chi connectivity index (χ0n) is 36.3. The Bertz CT molecular complexity index is 3310. The van der Waals surface area contributed by atoms with Gasteiger partial charge in [0, 0.05) is 0 Å². The number of nitrogens with zero attached hydrogens (tertiary/aromatic N) is 10. The number of nitrogens with one attached hydrogen (secondary N) is 1. The van der Waals surface area contributed by atoms with Gasteiger partial charge < -0.3 is 34.0 Å². The Kier molecular flexibility index (Phi) is 13.7. The molecule has 0 amide bonds. The number of rotatable bonds is 6. The molecule has 18 nitrogen and oxygen atoms in total. The first kappa shape index (κ1) is 46.1. The average Bonchev–Trinajstić information content (AvgIpc) is 3.24. The topological polar surface area (TPSA) is 272 Å². The van der Waals surface area contributed by atoms with Gasteiger partial charge in [-0.3, -0.25) is 18.7 Å². The zero-order chi connectivity index (χ0) is 47.3. The molecular weight excluding hydrogens is 844 g/mol. The number of aromatic nitrogens is 8. The van der Waals surface area contributed by atoms with Crippen molar-refractivity contribution in [2.24, 2.45) is 5.73 Å². The van der Waals surface area contributed by atoms with E-state index in [4.69, 9.17) is 58.4 Å². The number of nitrogens with two attached hydrogens (primary N) is 5. The van der Waals surface area contributed by atoms with Gasteiger partial charge in [-0.05, 0) is 88.1 Å². The summed E-state index contributed by atoms with van der Waals surface area (Å²) in [6.45, 7) is 25.5. The van der Waals surface area contributed by atoms with E-state index in [-0.39, 0.29) is 63.0 Å². The highest BCUT2D eigenvalue weighted by Gasteiger charge is 2.23. The molecule has 0 aliphatic heterocycles. The SMILES string of the molecule is Cc1ccccc1-n1c([C@H](C)N)nc2cccc(C)c2c1=O.[C-]#[N+]c1c(N)nc(N)nc1Cl.[C-]#[N+]c1c(N)nc(N)nc1N[C@@H](C)c1nc2cccc(C)c2c(=O)n1-c1ccccc1C. The number of halogens is 1. The van der Waals surface area contributed by atoms with Gasteiger partial charge in [-0.2, -0.15) is 0 Å². The number of aryl methyl sites for hydroxylation is 4. The second-order valence-electron chi connectivity index (χ2n) is 14.9. The Balaban J connectivity index is 0.000000182. The number of hydrogen-bond acceptors (Lipinski definition) is 14. The van der Waals surface area contributed by atoms with Gasteiger partial charge in [0.15, 0.2) is 0 Å². The zero-order valence-corrected chi connectivity index (χ0v) is 37.0. The minimum absolute atomic E-state index is 0.00926. The van der Waals surface area contributed by atoms with E-state index in [1.54, 1.807) is 9.13 Å². The molecule has 0 aliphatic carbocycles. The maximum absolute atomic E-state index is 13.7. The van der Waals surface area contributed by atoms with Crippen LogP contribution in [0.3, 0.4) is 0 Å². The van der Waals surface area contributed by atoms with Crippen LogP contribution in [0, 0.1) is 40.8 Å². The van der Waals surface area contributed by atoms with Gasteiger partial charge in [0.05, 0.1) is 58.4 Å². The van der Waals surface area contributed by atoms with E-state index < -0.39 is 6.04 Å². The van der Waals surface area contributed by atoms with Crippen LogP contribution in [0.15, 0.2) is 94.5 Å². The van der Waals surface area contributed by atoms with E-state index in [0.29, 0.717) is 33.5 Å². The number of nitrogen functional groups attached to an aromatic ring is 4. The van der Waals surface area contributed by atoms with Crippen molar-refractivity contribution in [2.75, 3.05) is 28.3 Å². The molecule has 11 N–H and O–H groups in total. The van der Waals surface area contributed by atoms with Gasteiger partial charge in [0.1, 0.15) is 34.3 Å². The van der Waals surface area contributed by atoms with E-state index in [2.05, 4.69) is 39.9 Å². The van der Waals surface area contributed by atoms with Crippen molar-refractivity contribution in [1.82, 2.24) is 39.0 Å². The summed E-state index contributed by atoms with van der Waals surface area (Å²) in [4.78, 5) is 57.8. The molecule has 0 unspecified atom stereocenters. The summed E-state index contributed by atoms with van der Waals surface area (Å²) in [5.74, 6) is 1.15. The molecule has 328 valence electrons. The first-order valence-corrected chi connectivity index (χ1v) is 20.3. The van der Waals surface area contributed by atoms with Crippen LogP contribution in [0.5, 0.6) is 0 Å². The summed E-state index contributed by atoms with van der Waals surface area (Å²) < 4.78 is 3.25. The molecule has 2 atom stereocenters. The molecule has 0 spiro atoms. The van der Waals surface area contributed by atoms with E-state index >= 15 is 0 Å². The van der Waals surface area contributed by atoms with Crippen molar-refractivity contribution in [2.45, 2.75) is 53.6 Å². The molecule has 19 heteroatoms. The highest BCUT2D eigenvalue weighted by molar-refractivity contribution is 6.32. The largest absolute Gasteiger partial charge is 0.392 e.